The normalized spacial score (nSPS) is 9.25. The predicted octanol–water partition coefficient (Wildman–Crippen LogP) is 1.38. The summed E-state index contributed by atoms with van der Waals surface area (Å²) in [6, 6.07) is 4.98. The lowest BCUT2D eigenvalue weighted by atomic mass is 10.1. The van der Waals surface area contributed by atoms with Crippen LogP contribution in [0.1, 0.15) is 16.8 Å². The second kappa shape index (κ2) is 4.89. The number of carbonyl (C=O) groups is 2. The third-order valence-corrected chi connectivity index (χ3v) is 1.75. The molecule has 0 aliphatic carbocycles. The summed E-state index contributed by atoms with van der Waals surface area (Å²) >= 11 is 0. The van der Waals surface area contributed by atoms with Gasteiger partial charge in [0.25, 0.3) is 0 Å². The number of nitrogens with zero attached hydrogens (tertiary/aromatic N) is 1. The van der Waals surface area contributed by atoms with Crippen LogP contribution in [0.15, 0.2) is 18.2 Å². The highest BCUT2D eigenvalue weighted by atomic mass is 19.1. The number of para-hydroxylation sites is 1. The second-order valence-corrected chi connectivity index (χ2v) is 2.85. The highest BCUT2D eigenvalue weighted by Gasteiger charge is 2.15. The van der Waals surface area contributed by atoms with E-state index in [4.69, 9.17) is 10.4 Å². The monoisotopic (exact) mass is 222 g/mol. The molecule has 2 N–H and O–H groups in total. The van der Waals surface area contributed by atoms with E-state index in [2.05, 4.69) is 0 Å². The molecule has 0 aliphatic heterocycles. The summed E-state index contributed by atoms with van der Waals surface area (Å²) < 4.78 is 13.3. The molecule has 5 nitrogen and oxygen atoms in total. The van der Waals surface area contributed by atoms with Crippen LogP contribution in [-0.2, 0) is 4.79 Å². The molecule has 82 valence electrons. The number of carboxylic acids is 1. The Kier molecular flexibility index (Phi) is 3.56. The lowest BCUT2D eigenvalue weighted by Crippen LogP contribution is -2.15. The van der Waals surface area contributed by atoms with Crippen LogP contribution in [0.5, 0.6) is 0 Å². The molecule has 1 rings (SSSR count). The van der Waals surface area contributed by atoms with Crippen molar-refractivity contribution in [3.05, 3.63) is 29.6 Å². The number of amides is 1. The van der Waals surface area contributed by atoms with Gasteiger partial charge in [0.1, 0.15) is 12.2 Å². The van der Waals surface area contributed by atoms with Gasteiger partial charge in [-0.25, -0.2) is 9.18 Å². The Hall–Kier alpha value is -2.42. The molecular weight excluding hydrogens is 215 g/mol. The van der Waals surface area contributed by atoms with Gasteiger partial charge in [-0.05, 0) is 12.1 Å². The fourth-order valence-corrected chi connectivity index (χ4v) is 1.08. The van der Waals surface area contributed by atoms with Crippen molar-refractivity contribution in [1.29, 1.82) is 5.26 Å². The van der Waals surface area contributed by atoms with E-state index >= 15 is 0 Å². The molecule has 0 radical (unpaired) electrons. The maximum atomic E-state index is 13.3. The minimum Gasteiger partial charge on any atom is -0.478 e. The molecule has 0 saturated heterocycles. The van der Waals surface area contributed by atoms with Crippen LogP contribution in [0.25, 0.3) is 0 Å². The Bertz CT molecular complexity index is 479. The van der Waals surface area contributed by atoms with Crippen molar-refractivity contribution in [3.8, 4) is 6.07 Å². The van der Waals surface area contributed by atoms with Gasteiger partial charge in [0.15, 0.2) is 0 Å². The van der Waals surface area contributed by atoms with Crippen molar-refractivity contribution in [2.24, 2.45) is 0 Å². The number of rotatable bonds is 3. The van der Waals surface area contributed by atoms with E-state index < -0.39 is 29.8 Å². The van der Waals surface area contributed by atoms with E-state index in [1.54, 1.807) is 6.07 Å². The van der Waals surface area contributed by atoms with E-state index in [0.29, 0.717) is 0 Å². The largest absolute Gasteiger partial charge is 0.478 e. The number of aromatic carboxylic acids is 1. The minimum atomic E-state index is -1.35. The lowest BCUT2D eigenvalue weighted by Gasteiger charge is -2.07. The summed E-state index contributed by atoms with van der Waals surface area (Å²) in [5.41, 5.74) is -0.776. The number of benzene rings is 1. The zero-order valence-corrected chi connectivity index (χ0v) is 8.03. The highest BCUT2D eigenvalue weighted by Crippen LogP contribution is 2.19. The maximum Gasteiger partial charge on any atom is 0.337 e. The molecule has 1 amide bonds. The SMILES string of the molecule is N#CCC(=O)Nc1c(F)cccc1C(=O)O. The smallest absolute Gasteiger partial charge is 0.337 e. The van der Waals surface area contributed by atoms with Gasteiger partial charge in [0.2, 0.25) is 5.91 Å². The molecule has 1 aromatic rings. The maximum absolute atomic E-state index is 13.3. The molecule has 0 bridgehead atoms. The molecule has 6 heteroatoms. The number of halogens is 1. The molecule has 1 aromatic carbocycles. The Morgan fingerprint density at radius 1 is 1.50 bits per heavy atom. The van der Waals surface area contributed by atoms with E-state index in [0.717, 1.165) is 12.1 Å². The number of hydrogen-bond donors (Lipinski definition) is 2. The first kappa shape index (κ1) is 11.7. The van der Waals surface area contributed by atoms with Crippen molar-refractivity contribution < 1.29 is 19.1 Å². The summed E-state index contributed by atoms with van der Waals surface area (Å²) in [6.07, 6.45) is -0.465. The van der Waals surface area contributed by atoms with Gasteiger partial charge in [0, 0.05) is 0 Å². The fraction of sp³-hybridized carbons (Fsp3) is 0.100. The zero-order valence-electron chi connectivity index (χ0n) is 8.03. The standard InChI is InChI=1S/C10H7FN2O3/c11-7-3-1-2-6(10(15)16)9(7)13-8(14)4-5-12/h1-3H,4H2,(H,13,14)(H,15,16). The van der Waals surface area contributed by atoms with Gasteiger partial charge < -0.3 is 10.4 Å². The summed E-state index contributed by atoms with van der Waals surface area (Å²) in [5, 5.41) is 19.0. The third-order valence-electron chi connectivity index (χ3n) is 1.75. The number of nitriles is 1. The van der Waals surface area contributed by atoms with Gasteiger partial charge in [-0.2, -0.15) is 5.26 Å². The summed E-state index contributed by atoms with van der Waals surface area (Å²) in [4.78, 5) is 21.8. The summed E-state index contributed by atoms with van der Waals surface area (Å²) in [7, 11) is 0. The first-order valence-electron chi connectivity index (χ1n) is 4.25. The Morgan fingerprint density at radius 2 is 2.19 bits per heavy atom. The third kappa shape index (κ3) is 2.54. The Labute approximate surface area is 90.1 Å². The van der Waals surface area contributed by atoms with Crippen LogP contribution in [0.4, 0.5) is 10.1 Å². The Balaban J connectivity index is 3.07. The van der Waals surface area contributed by atoms with Gasteiger partial charge in [-0.15, -0.1) is 0 Å². The van der Waals surface area contributed by atoms with E-state index in [9.17, 15) is 14.0 Å². The first-order chi connectivity index (χ1) is 7.56. The van der Waals surface area contributed by atoms with Gasteiger partial charge in [0.05, 0.1) is 17.3 Å². The first-order valence-corrected chi connectivity index (χ1v) is 4.25. The molecule has 0 atom stereocenters. The topological polar surface area (TPSA) is 90.2 Å². The average Bonchev–Trinajstić information content (AvgIpc) is 2.21. The van der Waals surface area contributed by atoms with Gasteiger partial charge in [-0.1, -0.05) is 6.07 Å². The van der Waals surface area contributed by atoms with Crippen LogP contribution in [0.3, 0.4) is 0 Å². The lowest BCUT2D eigenvalue weighted by molar-refractivity contribution is -0.115. The number of nitrogens with one attached hydrogen (secondary N) is 1. The minimum absolute atomic E-state index is 0.355. The summed E-state index contributed by atoms with van der Waals surface area (Å²) in [6.45, 7) is 0. The van der Waals surface area contributed by atoms with Crippen molar-refractivity contribution in [2.45, 2.75) is 6.42 Å². The van der Waals surface area contributed by atoms with Crippen LogP contribution in [-0.4, -0.2) is 17.0 Å². The number of carbonyl (C=O) groups excluding carboxylic acids is 1. The van der Waals surface area contributed by atoms with E-state index in [1.807, 2.05) is 5.32 Å². The molecule has 0 fully saturated rings. The van der Waals surface area contributed by atoms with Gasteiger partial charge >= 0.3 is 5.97 Å². The van der Waals surface area contributed by atoms with Crippen LogP contribution in [0.2, 0.25) is 0 Å². The zero-order chi connectivity index (χ0) is 12.1. The van der Waals surface area contributed by atoms with Crippen LogP contribution < -0.4 is 5.32 Å². The fourth-order valence-electron chi connectivity index (χ4n) is 1.08. The molecule has 16 heavy (non-hydrogen) atoms. The summed E-state index contributed by atoms with van der Waals surface area (Å²) in [5.74, 6) is -2.96. The highest BCUT2D eigenvalue weighted by molar-refractivity contribution is 6.01. The van der Waals surface area contributed by atoms with Gasteiger partial charge in [-0.3, -0.25) is 4.79 Å². The van der Waals surface area contributed by atoms with Crippen LogP contribution in [0, 0.1) is 17.1 Å². The number of anilines is 1. The molecule has 0 heterocycles. The Morgan fingerprint density at radius 3 is 2.75 bits per heavy atom. The molecule has 0 unspecified atom stereocenters. The van der Waals surface area contributed by atoms with E-state index in [-0.39, 0.29) is 5.56 Å². The molecule has 0 saturated carbocycles. The number of hydrogen-bond acceptors (Lipinski definition) is 3. The molecule has 0 aromatic heterocycles. The van der Waals surface area contributed by atoms with Crippen molar-refractivity contribution in [1.82, 2.24) is 0 Å². The quantitative estimate of drug-likeness (QED) is 0.808. The van der Waals surface area contributed by atoms with Crippen molar-refractivity contribution >= 4 is 17.6 Å². The number of carboxylic acid groups (broad SMARTS) is 1. The van der Waals surface area contributed by atoms with E-state index in [1.165, 1.54) is 6.07 Å². The second-order valence-electron chi connectivity index (χ2n) is 2.85. The van der Waals surface area contributed by atoms with Crippen LogP contribution >= 0.6 is 0 Å². The molecule has 0 spiro atoms. The average molecular weight is 222 g/mol. The van der Waals surface area contributed by atoms with Crippen molar-refractivity contribution in [3.63, 3.8) is 0 Å². The molecular formula is C10H7FN2O3. The molecule has 0 aliphatic rings. The predicted molar refractivity (Wildman–Crippen MR) is 52.2 cm³/mol. The van der Waals surface area contributed by atoms with Crippen molar-refractivity contribution in [2.75, 3.05) is 5.32 Å².